The molecular weight excluding hydrogens is 576 g/mol. The van der Waals surface area contributed by atoms with Crippen molar-refractivity contribution in [1.82, 2.24) is 29.3 Å². The number of hydrogen-bond donors (Lipinski definition) is 0. The summed E-state index contributed by atoms with van der Waals surface area (Å²) in [5, 5.41) is 12.8. The van der Waals surface area contributed by atoms with Gasteiger partial charge in [-0.25, -0.2) is 14.0 Å². The van der Waals surface area contributed by atoms with Crippen LogP contribution in [0.15, 0.2) is 72.0 Å². The van der Waals surface area contributed by atoms with Crippen molar-refractivity contribution < 1.29 is 18.9 Å². The minimum absolute atomic E-state index is 0.0743. The van der Waals surface area contributed by atoms with Crippen LogP contribution in [0.3, 0.4) is 0 Å². The van der Waals surface area contributed by atoms with E-state index in [2.05, 4.69) is 56.3 Å². The second-order valence-electron chi connectivity index (χ2n) is 11.9. The molecule has 0 saturated carbocycles. The lowest BCUT2D eigenvalue weighted by molar-refractivity contribution is -0.268. The third-order valence-electron chi connectivity index (χ3n) is 9.08. The van der Waals surface area contributed by atoms with Crippen molar-refractivity contribution in [3.05, 3.63) is 77.7 Å². The van der Waals surface area contributed by atoms with Gasteiger partial charge < -0.3 is 28.7 Å². The Morgan fingerprint density at radius 2 is 1.51 bits per heavy atom. The van der Waals surface area contributed by atoms with Gasteiger partial charge in [0.25, 0.3) is 0 Å². The Balaban J connectivity index is 0.897. The zero-order valence-electron chi connectivity index (χ0n) is 25.8. The predicted molar refractivity (Wildman–Crippen MR) is 167 cm³/mol. The Bertz CT molecular complexity index is 1590. The second-order valence-corrected chi connectivity index (χ2v) is 11.9. The molecule has 13 heteroatoms. The fourth-order valence-corrected chi connectivity index (χ4v) is 6.06. The molecule has 3 unspecified atom stereocenters. The number of benzene rings is 2. The quantitative estimate of drug-likeness (QED) is 0.249. The van der Waals surface area contributed by atoms with Crippen LogP contribution >= 0.6 is 0 Å². The maximum atomic E-state index is 12.8. The van der Waals surface area contributed by atoms with Crippen LogP contribution < -0.4 is 20.2 Å². The molecule has 4 aromatic rings. The molecule has 0 aliphatic carbocycles. The maximum absolute atomic E-state index is 12.8. The van der Waals surface area contributed by atoms with Gasteiger partial charge in [0.2, 0.25) is 0 Å². The predicted octanol–water partition coefficient (Wildman–Crippen LogP) is 2.76. The Morgan fingerprint density at radius 1 is 0.889 bits per heavy atom. The Labute approximate surface area is 261 Å². The molecule has 3 aliphatic rings. The molecular formula is C32H40N8O5. The molecule has 5 heterocycles. The number of piperazine rings is 1. The molecule has 0 radical (unpaired) electrons. The summed E-state index contributed by atoms with van der Waals surface area (Å²) in [4.78, 5) is 19.1. The standard InChI is InChI=1S/C32H40N8O5/c1-3-24(2)40-31(41)38(23-35-40)28-6-4-26(5-7-28)36-14-16-37(17-15-36)27-8-10-29(11-9-27)43-20-30-21-44-32(45-30,25-18-42-19-25)22-39-33-12-13-34-39/h4-13,23-25,30H,3,14-22H2,1-2H3. The molecule has 7 rings (SSSR count). The number of nitrogens with zero attached hydrogens (tertiary/aromatic N) is 8. The van der Waals surface area contributed by atoms with Crippen LogP contribution in [0.2, 0.25) is 0 Å². The first-order chi connectivity index (χ1) is 22.0. The topological polar surface area (TPSA) is 114 Å². The van der Waals surface area contributed by atoms with Crippen LogP contribution in [0.5, 0.6) is 5.75 Å². The highest BCUT2D eigenvalue weighted by molar-refractivity contribution is 5.54. The maximum Gasteiger partial charge on any atom is 0.350 e. The van der Waals surface area contributed by atoms with Gasteiger partial charge in [-0.15, -0.1) is 0 Å². The summed E-state index contributed by atoms with van der Waals surface area (Å²) in [6, 6.07) is 16.5. The fourth-order valence-electron chi connectivity index (χ4n) is 6.06. The van der Waals surface area contributed by atoms with Crippen LogP contribution in [-0.4, -0.2) is 93.8 Å². The van der Waals surface area contributed by atoms with Gasteiger partial charge >= 0.3 is 5.69 Å². The van der Waals surface area contributed by atoms with Crippen LogP contribution in [0, 0.1) is 5.92 Å². The van der Waals surface area contributed by atoms with E-state index < -0.39 is 5.79 Å². The molecule has 0 spiro atoms. The largest absolute Gasteiger partial charge is 0.491 e. The Kier molecular flexibility index (Phi) is 8.30. The van der Waals surface area contributed by atoms with Crippen molar-refractivity contribution in [3.63, 3.8) is 0 Å². The minimum atomic E-state index is -0.796. The van der Waals surface area contributed by atoms with E-state index in [0.29, 0.717) is 33.0 Å². The second kappa shape index (κ2) is 12.7. The van der Waals surface area contributed by atoms with Gasteiger partial charge in [0, 0.05) is 37.6 Å². The lowest BCUT2D eigenvalue weighted by atomic mass is 9.96. The lowest BCUT2D eigenvalue weighted by Crippen LogP contribution is -2.53. The number of ether oxygens (including phenoxy) is 4. The van der Waals surface area contributed by atoms with E-state index in [1.807, 2.05) is 31.2 Å². The van der Waals surface area contributed by atoms with E-state index in [1.165, 1.54) is 5.69 Å². The summed E-state index contributed by atoms with van der Waals surface area (Å²) in [6.07, 6.45) is 5.58. The van der Waals surface area contributed by atoms with E-state index in [9.17, 15) is 4.79 Å². The third-order valence-corrected chi connectivity index (χ3v) is 9.08. The molecule has 3 atom stereocenters. The molecule has 13 nitrogen and oxygen atoms in total. The lowest BCUT2D eigenvalue weighted by Gasteiger charge is -2.40. The monoisotopic (exact) mass is 616 g/mol. The van der Waals surface area contributed by atoms with Crippen molar-refractivity contribution >= 4 is 11.4 Å². The molecule has 2 aromatic heterocycles. The molecule has 3 saturated heterocycles. The zero-order valence-corrected chi connectivity index (χ0v) is 25.8. The van der Waals surface area contributed by atoms with Gasteiger partial charge in [0.1, 0.15) is 31.3 Å². The van der Waals surface area contributed by atoms with E-state index in [0.717, 1.165) is 49.7 Å². The molecule has 238 valence electrons. The fraction of sp³-hybridized carbons (Fsp3) is 0.500. The summed E-state index contributed by atoms with van der Waals surface area (Å²) >= 11 is 0. The zero-order chi connectivity index (χ0) is 30.8. The average molecular weight is 617 g/mol. The summed E-state index contributed by atoms with van der Waals surface area (Å²) in [5.74, 6) is 0.146. The van der Waals surface area contributed by atoms with E-state index in [1.54, 1.807) is 32.8 Å². The summed E-state index contributed by atoms with van der Waals surface area (Å²) < 4.78 is 27.3. The minimum Gasteiger partial charge on any atom is -0.491 e. The first-order valence-corrected chi connectivity index (χ1v) is 15.7. The highest BCUT2D eigenvalue weighted by atomic mass is 16.8. The highest BCUT2D eigenvalue weighted by Gasteiger charge is 2.52. The van der Waals surface area contributed by atoms with Gasteiger partial charge in [-0.3, -0.25) is 0 Å². The number of hydrogen-bond acceptors (Lipinski definition) is 10. The molecule has 0 amide bonds. The van der Waals surface area contributed by atoms with Crippen LogP contribution in [0.1, 0.15) is 26.3 Å². The SMILES string of the molecule is CCC(C)n1ncn(-c2ccc(N3CCN(c4ccc(OCC5COC(Cn6nccn6)(C6COC6)O5)cc4)CC3)cc2)c1=O. The van der Waals surface area contributed by atoms with Crippen molar-refractivity contribution in [2.75, 3.05) is 62.4 Å². The van der Waals surface area contributed by atoms with Gasteiger partial charge in [-0.2, -0.15) is 20.1 Å². The first kappa shape index (κ1) is 29.5. The third kappa shape index (κ3) is 6.07. The molecule has 0 bridgehead atoms. The summed E-state index contributed by atoms with van der Waals surface area (Å²) in [7, 11) is 0. The highest BCUT2D eigenvalue weighted by Crippen LogP contribution is 2.37. The van der Waals surface area contributed by atoms with E-state index >= 15 is 0 Å². The Hall–Kier alpha value is -4.20. The van der Waals surface area contributed by atoms with Crippen molar-refractivity contribution in [2.45, 2.75) is 44.7 Å². The van der Waals surface area contributed by atoms with Crippen LogP contribution in [0.25, 0.3) is 5.69 Å². The van der Waals surface area contributed by atoms with E-state index in [4.69, 9.17) is 18.9 Å². The van der Waals surface area contributed by atoms with Gasteiger partial charge in [0.15, 0.2) is 5.79 Å². The summed E-state index contributed by atoms with van der Waals surface area (Å²) in [6.45, 7) is 10.2. The van der Waals surface area contributed by atoms with Crippen LogP contribution in [0.4, 0.5) is 11.4 Å². The number of aromatic nitrogens is 6. The van der Waals surface area contributed by atoms with Crippen molar-refractivity contribution in [1.29, 1.82) is 0 Å². The molecule has 0 N–H and O–H groups in total. The molecule has 3 aliphatic heterocycles. The average Bonchev–Trinajstić information content (AvgIpc) is 3.80. The van der Waals surface area contributed by atoms with Crippen LogP contribution in [-0.2, 0) is 20.8 Å². The number of rotatable bonds is 11. The van der Waals surface area contributed by atoms with Gasteiger partial charge in [-0.1, -0.05) is 6.92 Å². The van der Waals surface area contributed by atoms with Gasteiger partial charge in [0.05, 0.1) is 49.9 Å². The van der Waals surface area contributed by atoms with Crippen molar-refractivity contribution in [3.8, 4) is 11.4 Å². The molecule has 45 heavy (non-hydrogen) atoms. The van der Waals surface area contributed by atoms with Gasteiger partial charge in [-0.05, 0) is 61.9 Å². The van der Waals surface area contributed by atoms with Crippen molar-refractivity contribution in [2.24, 2.45) is 5.92 Å². The Morgan fingerprint density at radius 3 is 2.11 bits per heavy atom. The van der Waals surface area contributed by atoms with E-state index in [-0.39, 0.29) is 23.8 Å². The molecule has 2 aromatic carbocycles. The smallest absolute Gasteiger partial charge is 0.350 e. The number of anilines is 2. The molecule has 3 fully saturated rings. The summed E-state index contributed by atoms with van der Waals surface area (Å²) in [5.41, 5.74) is 3.04. The normalized spacial score (nSPS) is 22.8. The first-order valence-electron chi connectivity index (χ1n) is 15.7.